The van der Waals surface area contributed by atoms with Crippen LogP contribution < -0.4 is 10.0 Å². The van der Waals surface area contributed by atoms with Gasteiger partial charge in [-0.2, -0.15) is 0 Å². The Morgan fingerprint density at radius 2 is 1.40 bits per heavy atom. The minimum absolute atomic E-state index is 0.104. The average molecular weight is 490 g/mol. The van der Waals surface area contributed by atoms with Crippen molar-refractivity contribution in [2.45, 2.75) is 17.7 Å². The Hall–Kier alpha value is -1.03. The molecule has 0 radical (unpaired) electrons. The van der Waals surface area contributed by atoms with Gasteiger partial charge in [-0.3, -0.25) is 9.59 Å². The maximum Gasteiger partial charge on any atom is 0.240 e. The van der Waals surface area contributed by atoms with E-state index in [4.69, 9.17) is 5.14 Å². The van der Waals surface area contributed by atoms with E-state index in [1.165, 1.54) is 17.0 Å². The molecule has 0 aromatic heterocycles. The molecule has 0 spiro atoms. The van der Waals surface area contributed by atoms with Gasteiger partial charge in [-0.1, -0.05) is 12.2 Å². The SMILES string of the molecule is NS(=O)(=O)c1c(Br)cc(N2C(=O)[C@@H]3[C@H](C2=O)[C@@H]2C=C[C@H]3CC2)cc1Br. The zero-order chi connectivity index (χ0) is 18.1. The molecule has 6 nitrogen and oxygen atoms in total. The van der Waals surface area contributed by atoms with Crippen molar-refractivity contribution in [1.82, 2.24) is 0 Å². The van der Waals surface area contributed by atoms with E-state index in [0.717, 1.165) is 12.8 Å². The van der Waals surface area contributed by atoms with Crippen molar-refractivity contribution >= 4 is 59.4 Å². The molecule has 1 aromatic carbocycles. The highest BCUT2D eigenvalue weighted by molar-refractivity contribution is 9.11. The van der Waals surface area contributed by atoms with E-state index >= 15 is 0 Å². The average Bonchev–Trinajstić information content (AvgIpc) is 2.80. The van der Waals surface area contributed by atoms with Gasteiger partial charge in [0, 0.05) is 8.95 Å². The van der Waals surface area contributed by atoms with Gasteiger partial charge >= 0.3 is 0 Å². The highest BCUT2D eigenvalue weighted by atomic mass is 79.9. The van der Waals surface area contributed by atoms with Gasteiger partial charge in [-0.25, -0.2) is 18.5 Å². The number of fused-ring (bicyclic) bond motifs is 1. The third-order valence-corrected chi connectivity index (χ3v) is 8.07. The van der Waals surface area contributed by atoms with Crippen LogP contribution in [-0.4, -0.2) is 20.2 Å². The molecule has 132 valence electrons. The molecule has 25 heavy (non-hydrogen) atoms. The lowest BCUT2D eigenvalue weighted by atomic mass is 9.63. The third-order valence-electron chi connectivity index (χ3n) is 5.29. The first-order chi connectivity index (χ1) is 11.7. The second-order valence-corrected chi connectivity index (χ2v) is 9.84. The van der Waals surface area contributed by atoms with Gasteiger partial charge in [0.25, 0.3) is 0 Å². The van der Waals surface area contributed by atoms with Crippen LogP contribution >= 0.6 is 31.9 Å². The lowest BCUT2D eigenvalue weighted by Crippen LogP contribution is -2.38. The van der Waals surface area contributed by atoms with Crippen molar-refractivity contribution in [2.75, 3.05) is 4.90 Å². The molecular formula is C16H14Br2N2O4S. The minimum atomic E-state index is -3.95. The number of nitrogens with zero attached hydrogens (tertiary/aromatic N) is 1. The molecule has 2 N–H and O–H groups in total. The number of nitrogens with two attached hydrogens (primary N) is 1. The lowest BCUT2D eigenvalue weighted by molar-refractivity contribution is -0.124. The number of halogens is 2. The Balaban J connectivity index is 1.79. The predicted octanol–water partition coefficient (Wildman–Crippen LogP) is 2.56. The van der Waals surface area contributed by atoms with Crippen LogP contribution in [0.2, 0.25) is 0 Å². The Labute approximate surface area is 161 Å². The standard InChI is InChI=1S/C16H14Br2N2O4S/c17-10-5-9(6-11(18)14(10)25(19,23)24)20-15(21)12-7-1-2-8(4-3-7)13(12)16(20)22/h1-2,5-8,12-13H,3-4H2,(H2,19,23,24)/t7-,8+,12-,13+. The normalized spacial score (nSPS) is 30.9. The van der Waals surface area contributed by atoms with Crippen LogP contribution in [-0.2, 0) is 19.6 Å². The van der Waals surface area contributed by atoms with Gasteiger partial charge in [0.2, 0.25) is 21.8 Å². The van der Waals surface area contributed by atoms with Gasteiger partial charge in [-0.05, 0) is 68.7 Å². The molecule has 9 heteroatoms. The quantitative estimate of drug-likeness (QED) is 0.509. The van der Waals surface area contributed by atoms with Crippen molar-refractivity contribution < 1.29 is 18.0 Å². The largest absolute Gasteiger partial charge is 0.274 e. The number of allylic oxidation sites excluding steroid dienone is 2. The number of carbonyl (C=O) groups is 2. The zero-order valence-corrected chi connectivity index (χ0v) is 16.8. The van der Waals surface area contributed by atoms with Gasteiger partial charge in [0.15, 0.2) is 0 Å². The molecule has 0 unspecified atom stereocenters. The first-order valence-corrected chi connectivity index (χ1v) is 10.9. The number of amides is 2. The maximum absolute atomic E-state index is 12.9. The van der Waals surface area contributed by atoms with E-state index in [9.17, 15) is 18.0 Å². The minimum Gasteiger partial charge on any atom is -0.274 e. The first-order valence-electron chi connectivity index (χ1n) is 7.78. The number of imide groups is 1. The van der Waals surface area contributed by atoms with Crippen LogP contribution in [0.3, 0.4) is 0 Å². The number of anilines is 1. The van der Waals surface area contributed by atoms with Crippen LogP contribution in [0.5, 0.6) is 0 Å². The monoisotopic (exact) mass is 488 g/mol. The lowest BCUT2D eigenvalue weighted by Gasteiger charge is -2.38. The predicted molar refractivity (Wildman–Crippen MR) is 98.0 cm³/mol. The summed E-state index contributed by atoms with van der Waals surface area (Å²) in [7, 11) is -3.95. The van der Waals surface area contributed by atoms with E-state index in [0.29, 0.717) is 5.69 Å². The maximum atomic E-state index is 12.9. The van der Waals surface area contributed by atoms with Crippen LogP contribution in [0, 0.1) is 23.7 Å². The topological polar surface area (TPSA) is 97.5 Å². The van der Waals surface area contributed by atoms with Crippen molar-refractivity contribution in [1.29, 1.82) is 0 Å². The molecule has 1 aliphatic heterocycles. The molecular weight excluding hydrogens is 476 g/mol. The van der Waals surface area contributed by atoms with Crippen LogP contribution in [0.15, 0.2) is 38.1 Å². The van der Waals surface area contributed by atoms with E-state index in [2.05, 4.69) is 44.0 Å². The van der Waals surface area contributed by atoms with E-state index in [1.807, 2.05) is 0 Å². The number of rotatable bonds is 2. The molecule has 1 aromatic rings. The number of carbonyl (C=O) groups excluding carboxylic acids is 2. The second kappa shape index (κ2) is 5.73. The summed E-state index contributed by atoms with van der Waals surface area (Å²) in [6.45, 7) is 0. The van der Waals surface area contributed by atoms with Crippen molar-refractivity contribution in [3.05, 3.63) is 33.2 Å². The molecule has 1 saturated carbocycles. The highest BCUT2D eigenvalue weighted by Gasteiger charge is 2.56. The molecule has 4 atom stereocenters. The first kappa shape index (κ1) is 17.4. The summed E-state index contributed by atoms with van der Waals surface area (Å²) in [5.74, 6) is -0.843. The van der Waals surface area contributed by atoms with Gasteiger partial charge in [0.1, 0.15) is 4.90 Å². The molecule has 2 amide bonds. The fraction of sp³-hybridized carbons (Fsp3) is 0.375. The highest BCUT2D eigenvalue weighted by Crippen LogP contribution is 2.50. The summed E-state index contributed by atoms with van der Waals surface area (Å²) >= 11 is 6.37. The van der Waals surface area contributed by atoms with Gasteiger partial charge in [0.05, 0.1) is 17.5 Å². The molecule has 4 aliphatic rings. The molecule has 1 saturated heterocycles. The number of benzene rings is 1. The fourth-order valence-electron chi connectivity index (χ4n) is 4.28. The summed E-state index contributed by atoms with van der Waals surface area (Å²) in [4.78, 5) is 27.0. The second-order valence-electron chi connectivity index (χ2n) is 6.64. The van der Waals surface area contributed by atoms with E-state index in [-0.39, 0.29) is 49.3 Å². The number of primary sulfonamides is 1. The summed E-state index contributed by atoms with van der Waals surface area (Å²) in [5.41, 5.74) is 0.343. The van der Waals surface area contributed by atoms with Crippen LogP contribution in [0.4, 0.5) is 5.69 Å². The Bertz CT molecular complexity index is 888. The molecule has 1 heterocycles. The van der Waals surface area contributed by atoms with Gasteiger partial charge < -0.3 is 0 Å². The smallest absolute Gasteiger partial charge is 0.240 e. The number of hydrogen-bond donors (Lipinski definition) is 1. The summed E-state index contributed by atoms with van der Waals surface area (Å²) in [6.07, 6.45) is 5.96. The summed E-state index contributed by atoms with van der Waals surface area (Å²) in [6, 6.07) is 2.90. The Kier molecular flexibility index (Phi) is 3.99. The summed E-state index contributed by atoms with van der Waals surface area (Å²) in [5, 5.41) is 5.21. The Morgan fingerprint density at radius 3 is 1.76 bits per heavy atom. The number of hydrogen-bond acceptors (Lipinski definition) is 4. The summed E-state index contributed by atoms with van der Waals surface area (Å²) < 4.78 is 23.8. The molecule has 5 rings (SSSR count). The molecule has 3 aliphatic carbocycles. The van der Waals surface area contributed by atoms with Crippen molar-refractivity contribution in [3.8, 4) is 0 Å². The molecule has 2 bridgehead atoms. The van der Waals surface area contributed by atoms with Gasteiger partial charge in [-0.15, -0.1) is 0 Å². The van der Waals surface area contributed by atoms with Crippen LogP contribution in [0.25, 0.3) is 0 Å². The van der Waals surface area contributed by atoms with Crippen molar-refractivity contribution in [3.63, 3.8) is 0 Å². The zero-order valence-electron chi connectivity index (χ0n) is 12.9. The van der Waals surface area contributed by atoms with Crippen molar-refractivity contribution in [2.24, 2.45) is 28.8 Å². The Morgan fingerprint density at radius 1 is 0.960 bits per heavy atom. The fourth-order valence-corrected chi connectivity index (χ4v) is 7.45. The molecule has 2 fully saturated rings. The third kappa shape index (κ3) is 2.55. The van der Waals surface area contributed by atoms with Crippen LogP contribution in [0.1, 0.15) is 12.8 Å². The number of sulfonamides is 1. The van der Waals surface area contributed by atoms with E-state index in [1.54, 1.807) is 0 Å². The van der Waals surface area contributed by atoms with E-state index < -0.39 is 10.0 Å².